The van der Waals surface area contributed by atoms with E-state index in [1.165, 1.54) is 30.6 Å². The minimum atomic E-state index is -0.903. The number of thiazole rings is 1. The molecular formula is C42H64N4O6S. The number of aromatic nitrogens is 1. The standard InChI is InChI=1S/C42H64N4O6S/c1-7-52-38(40-44-34(27-53-40)39(48)43-33(22-29(4)42(50)51)24-31-18-12-9-13-19-31)26-36(28(2)3)46(6)41(49)32(23-30-16-10-8-11-17-30)25-37(47)35-20-14-15-21-45(35)5/h9,12-13,18-19,27-30,32-33,35-36,38H,7-8,10-11,14-17,20-26H2,1-6H3,(H,43,48)(H,50,51)/t29-,32?,33+,35+,36+,38+/m0/s1. The van der Waals surface area contributed by atoms with Crippen molar-refractivity contribution >= 4 is 34.9 Å². The summed E-state index contributed by atoms with van der Waals surface area (Å²) < 4.78 is 6.26. The summed E-state index contributed by atoms with van der Waals surface area (Å²) in [5.74, 6) is -1.42. The first-order chi connectivity index (χ1) is 25.4. The molecule has 1 unspecified atom stereocenters. The van der Waals surface area contributed by atoms with Gasteiger partial charge in [0, 0.05) is 49.9 Å². The van der Waals surface area contributed by atoms with Crippen LogP contribution in [0.3, 0.4) is 0 Å². The molecule has 1 aromatic carbocycles. The molecule has 11 heteroatoms. The molecule has 0 radical (unpaired) electrons. The molecule has 1 saturated heterocycles. The number of piperidine rings is 1. The Hall–Kier alpha value is -3.15. The molecule has 1 aromatic heterocycles. The fourth-order valence-corrected chi connectivity index (χ4v) is 9.22. The second-order valence-corrected chi connectivity index (χ2v) is 16.8. The number of amides is 2. The summed E-state index contributed by atoms with van der Waals surface area (Å²) in [4.78, 5) is 62.3. The summed E-state index contributed by atoms with van der Waals surface area (Å²) in [7, 11) is 3.91. The molecule has 1 saturated carbocycles. The predicted octanol–water partition coefficient (Wildman–Crippen LogP) is 7.58. The predicted molar refractivity (Wildman–Crippen MR) is 210 cm³/mol. The highest BCUT2D eigenvalue weighted by Gasteiger charge is 2.37. The Kier molecular flexibility index (Phi) is 16.9. The Morgan fingerprint density at radius 1 is 1.02 bits per heavy atom. The van der Waals surface area contributed by atoms with Gasteiger partial charge in [-0.3, -0.25) is 24.1 Å². The zero-order valence-electron chi connectivity index (χ0n) is 32.9. The highest BCUT2D eigenvalue weighted by Crippen LogP contribution is 2.35. The van der Waals surface area contributed by atoms with Crippen molar-refractivity contribution in [3.63, 3.8) is 0 Å². The highest BCUT2D eigenvalue weighted by atomic mass is 32.1. The van der Waals surface area contributed by atoms with E-state index in [0.717, 1.165) is 50.6 Å². The molecule has 53 heavy (non-hydrogen) atoms. The van der Waals surface area contributed by atoms with E-state index in [4.69, 9.17) is 9.72 Å². The van der Waals surface area contributed by atoms with E-state index in [1.807, 2.05) is 56.3 Å². The van der Waals surface area contributed by atoms with E-state index in [2.05, 4.69) is 24.1 Å². The van der Waals surface area contributed by atoms with Crippen molar-refractivity contribution in [2.24, 2.45) is 23.7 Å². The van der Waals surface area contributed by atoms with Crippen LogP contribution in [-0.2, 0) is 25.5 Å². The topological polar surface area (TPSA) is 129 Å². The van der Waals surface area contributed by atoms with Gasteiger partial charge in [0.1, 0.15) is 16.8 Å². The lowest BCUT2D eigenvalue weighted by Crippen LogP contribution is -2.47. The normalized spacial score (nSPS) is 19.9. The van der Waals surface area contributed by atoms with Crippen LogP contribution in [0, 0.1) is 23.7 Å². The summed E-state index contributed by atoms with van der Waals surface area (Å²) in [6.07, 6.45) is 10.8. The zero-order valence-corrected chi connectivity index (χ0v) is 33.7. The number of nitrogens with zero attached hydrogens (tertiary/aromatic N) is 3. The molecule has 2 heterocycles. The maximum absolute atomic E-state index is 14.5. The second kappa shape index (κ2) is 21.1. The first kappa shape index (κ1) is 42.6. The number of carbonyl (C=O) groups excluding carboxylic acids is 3. The molecule has 1 aliphatic carbocycles. The van der Waals surface area contributed by atoms with Crippen LogP contribution in [0.15, 0.2) is 35.7 Å². The number of aliphatic carboxylic acids is 1. The average molecular weight is 753 g/mol. The molecule has 294 valence electrons. The number of rotatable bonds is 20. The van der Waals surface area contributed by atoms with E-state index < -0.39 is 18.0 Å². The Bertz CT molecular complexity index is 1460. The van der Waals surface area contributed by atoms with Crippen molar-refractivity contribution in [3.8, 4) is 0 Å². The van der Waals surface area contributed by atoms with Gasteiger partial charge in [0.25, 0.3) is 5.91 Å². The lowest BCUT2D eigenvalue weighted by molar-refractivity contribution is -0.142. The maximum atomic E-state index is 14.5. The van der Waals surface area contributed by atoms with Crippen molar-refractivity contribution in [1.29, 1.82) is 0 Å². The van der Waals surface area contributed by atoms with Crippen LogP contribution in [0.5, 0.6) is 0 Å². The molecule has 2 amide bonds. The SMILES string of the molecule is CCO[C@H](C[C@H](C(C)C)N(C)C(=O)C(CC(=O)[C@H]1CCCCN1C)CC1CCCCC1)c1nc(C(=O)N[C@@H](Cc2ccccc2)C[C@H](C)C(=O)O)cs1. The van der Waals surface area contributed by atoms with E-state index in [9.17, 15) is 24.3 Å². The van der Waals surface area contributed by atoms with Gasteiger partial charge < -0.3 is 20.1 Å². The van der Waals surface area contributed by atoms with Crippen molar-refractivity contribution < 1.29 is 29.0 Å². The Morgan fingerprint density at radius 2 is 1.72 bits per heavy atom. The number of likely N-dealkylation sites (N-methyl/N-ethyl adjacent to an activating group) is 1. The number of hydrogen-bond acceptors (Lipinski definition) is 8. The van der Waals surface area contributed by atoms with E-state index >= 15 is 0 Å². The summed E-state index contributed by atoms with van der Waals surface area (Å²) in [6.45, 7) is 9.17. The molecule has 2 N–H and O–H groups in total. The summed E-state index contributed by atoms with van der Waals surface area (Å²) >= 11 is 1.36. The van der Waals surface area contributed by atoms with Gasteiger partial charge in [-0.25, -0.2) is 4.98 Å². The first-order valence-electron chi connectivity index (χ1n) is 20.0. The van der Waals surface area contributed by atoms with E-state index in [0.29, 0.717) is 30.4 Å². The largest absolute Gasteiger partial charge is 0.481 e. The van der Waals surface area contributed by atoms with Gasteiger partial charge in [-0.15, -0.1) is 11.3 Å². The molecular weight excluding hydrogens is 689 g/mol. The van der Waals surface area contributed by atoms with Crippen molar-refractivity contribution in [3.05, 3.63) is 52.0 Å². The van der Waals surface area contributed by atoms with Crippen LogP contribution in [0.2, 0.25) is 0 Å². The smallest absolute Gasteiger partial charge is 0.306 e. The lowest BCUT2D eigenvalue weighted by Gasteiger charge is -2.37. The number of likely N-dealkylation sites (tertiary alicyclic amines) is 1. The minimum Gasteiger partial charge on any atom is -0.481 e. The third-order valence-corrected chi connectivity index (χ3v) is 12.4. The van der Waals surface area contributed by atoms with Gasteiger partial charge in [-0.2, -0.15) is 0 Å². The molecule has 0 bridgehead atoms. The van der Waals surface area contributed by atoms with Gasteiger partial charge in [-0.05, 0) is 70.0 Å². The number of carbonyl (C=O) groups is 4. The van der Waals surface area contributed by atoms with Gasteiger partial charge in [-0.1, -0.05) is 89.6 Å². The third-order valence-electron chi connectivity index (χ3n) is 11.5. The number of benzene rings is 1. The molecule has 10 nitrogen and oxygen atoms in total. The number of carboxylic acids is 1. The summed E-state index contributed by atoms with van der Waals surface area (Å²) in [5.41, 5.74) is 1.27. The summed E-state index contributed by atoms with van der Waals surface area (Å²) in [5, 5.41) is 15.0. The van der Waals surface area contributed by atoms with Crippen LogP contribution in [-0.4, -0.2) is 88.8 Å². The zero-order chi connectivity index (χ0) is 38.5. The monoisotopic (exact) mass is 752 g/mol. The number of Topliss-reactive ketones (excluding diaryl/α,β-unsaturated/α-hetero) is 1. The lowest BCUT2D eigenvalue weighted by atomic mass is 9.79. The molecule has 2 aromatic rings. The molecule has 0 spiro atoms. The Morgan fingerprint density at radius 3 is 2.36 bits per heavy atom. The number of ketones is 1. The molecule has 4 rings (SSSR count). The molecule has 1 aliphatic heterocycles. The van der Waals surface area contributed by atoms with Gasteiger partial charge in [0.05, 0.1) is 12.0 Å². The second-order valence-electron chi connectivity index (χ2n) is 15.9. The minimum absolute atomic E-state index is 0.0376. The van der Waals surface area contributed by atoms with Gasteiger partial charge in [0.2, 0.25) is 5.91 Å². The first-order valence-corrected chi connectivity index (χ1v) is 20.9. The van der Waals surface area contributed by atoms with Gasteiger partial charge in [0.15, 0.2) is 5.78 Å². The quantitative estimate of drug-likeness (QED) is 0.142. The van der Waals surface area contributed by atoms with Crippen LogP contribution < -0.4 is 5.32 Å². The fraction of sp³-hybridized carbons (Fsp3) is 0.690. The number of ether oxygens (including phenoxy) is 1. The Labute approximate surface area is 321 Å². The number of carboxylic acid groups (broad SMARTS) is 1. The Balaban J connectivity index is 1.49. The number of hydrogen-bond donors (Lipinski definition) is 2. The van der Waals surface area contributed by atoms with Crippen LogP contribution in [0.4, 0.5) is 0 Å². The molecule has 6 atom stereocenters. The third kappa shape index (κ3) is 12.7. The highest BCUT2D eigenvalue weighted by molar-refractivity contribution is 7.09. The molecule has 2 fully saturated rings. The van der Waals surface area contributed by atoms with Crippen LogP contribution in [0.1, 0.15) is 132 Å². The van der Waals surface area contributed by atoms with Crippen molar-refractivity contribution in [1.82, 2.24) is 20.1 Å². The van der Waals surface area contributed by atoms with Crippen LogP contribution in [0.25, 0.3) is 0 Å². The van der Waals surface area contributed by atoms with E-state index in [-0.39, 0.29) is 66.1 Å². The molecule has 2 aliphatic rings. The van der Waals surface area contributed by atoms with Crippen molar-refractivity contribution in [2.45, 2.75) is 135 Å². The maximum Gasteiger partial charge on any atom is 0.306 e. The fourth-order valence-electron chi connectivity index (χ4n) is 8.37. The summed E-state index contributed by atoms with van der Waals surface area (Å²) in [6, 6.07) is 9.05. The van der Waals surface area contributed by atoms with E-state index in [1.54, 1.807) is 12.3 Å². The van der Waals surface area contributed by atoms with Gasteiger partial charge >= 0.3 is 5.97 Å². The average Bonchev–Trinajstić information content (AvgIpc) is 3.64. The van der Waals surface area contributed by atoms with Crippen molar-refractivity contribution in [2.75, 3.05) is 27.2 Å². The number of nitrogens with one attached hydrogen (secondary N) is 1. The van der Waals surface area contributed by atoms with Crippen LogP contribution >= 0.6 is 11.3 Å².